The highest BCUT2D eigenvalue weighted by Gasteiger charge is 2.54. The Bertz CT molecular complexity index is 1010. The van der Waals surface area contributed by atoms with Gasteiger partial charge in [0.2, 0.25) is 0 Å². The first-order valence-electron chi connectivity index (χ1n) is 10.3. The standard InChI is InChI=1S/C23H27N3O3/c1-4-12-25-15(2)13-18(16(25)3)20(27)14-26-21(28)23(24-22(26)29)11-7-9-17-8-5-6-10-19(17)23/h5-6,8,10,13H,4,7,9,11-12,14H2,1-3H3,(H,24,29)/t23-/m0/s1. The first kappa shape index (κ1) is 19.4. The minimum Gasteiger partial charge on any atom is -0.348 e. The third kappa shape index (κ3) is 2.98. The first-order chi connectivity index (χ1) is 13.9. The molecule has 1 aromatic carbocycles. The molecule has 1 saturated heterocycles. The summed E-state index contributed by atoms with van der Waals surface area (Å²) in [5.41, 5.74) is 3.40. The van der Waals surface area contributed by atoms with Gasteiger partial charge < -0.3 is 9.88 Å². The van der Waals surface area contributed by atoms with Gasteiger partial charge >= 0.3 is 6.03 Å². The van der Waals surface area contributed by atoms with Crippen molar-refractivity contribution in [1.82, 2.24) is 14.8 Å². The fourth-order valence-corrected chi connectivity index (χ4v) is 4.83. The van der Waals surface area contributed by atoms with Gasteiger partial charge in [0.15, 0.2) is 5.78 Å². The fraction of sp³-hybridized carbons (Fsp3) is 0.435. The predicted octanol–water partition coefficient (Wildman–Crippen LogP) is 3.48. The molecule has 2 aromatic rings. The number of hydrogen-bond acceptors (Lipinski definition) is 3. The van der Waals surface area contributed by atoms with E-state index in [0.717, 1.165) is 53.2 Å². The second-order valence-corrected chi connectivity index (χ2v) is 8.10. The smallest absolute Gasteiger partial charge is 0.325 e. The van der Waals surface area contributed by atoms with Crippen molar-refractivity contribution in [3.05, 3.63) is 58.4 Å². The van der Waals surface area contributed by atoms with Crippen LogP contribution < -0.4 is 5.32 Å². The highest BCUT2D eigenvalue weighted by molar-refractivity contribution is 6.11. The quantitative estimate of drug-likeness (QED) is 0.624. The van der Waals surface area contributed by atoms with Gasteiger partial charge in [-0.15, -0.1) is 0 Å². The van der Waals surface area contributed by atoms with Crippen molar-refractivity contribution in [3.63, 3.8) is 0 Å². The van der Waals surface area contributed by atoms with Gasteiger partial charge in [0.25, 0.3) is 5.91 Å². The van der Waals surface area contributed by atoms with Gasteiger partial charge in [-0.3, -0.25) is 14.5 Å². The number of urea groups is 1. The Labute approximate surface area is 170 Å². The van der Waals surface area contributed by atoms with Crippen molar-refractivity contribution in [2.24, 2.45) is 0 Å². The summed E-state index contributed by atoms with van der Waals surface area (Å²) in [5, 5.41) is 2.91. The zero-order valence-corrected chi connectivity index (χ0v) is 17.2. The second-order valence-electron chi connectivity index (χ2n) is 8.10. The number of Topliss-reactive ketones (excluding diaryl/α,β-unsaturated/α-hetero) is 1. The molecule has 2 aliphatic rings. The van der Waals surface area contributed by atoms with Crippen molar-refractivity contribution >= 4 is 17.7 Å². The average Bonchev–Trinajstić information content (AvgIpc) is 3.12. The number of aryl methyl sites for hydroxylation is 2. The maximum Gasteiger partial charge on any atom is 0.325 e. The number of carbonyl (C=O) groups is 3. The molecule has 1 aliphatic carbocycles. The largest absolute Gasteiger partial charge is 0.348 e. The van der Waals surface area contributed by atoms with E-state index in [9.17, 15) is 14.4 Å². The Morgan fingerprint density at radius 3 is 2.72 bits per heavy atom. The normalized spacial score (nSPS) is 20.9. The molecule has 0 unspecified atom stereocenters. The van der Waals surface area contributed by atoms with Crippen LogP contribution in [-0.2, 0) is 23.3 Å². The summed E-state index contributed by atoms with van der Waals surface area (Å²) in [6, 6.07) is 9.14. The third-order valence-corrected chi connectivity index (χ3v) is 6.27. The number of nitrogens with zero attached hydrogens (tertiary/aromatic N) is 2. The van der Waals surface area contributed by atoms with Crippen LogP contribution in [0.3, 0.4) is 0 Å². The molecule has 1 spiro atoms. The number of amides is 3. The van der Waals surface area contributed by atoms with Crippen molar-refractivity contribution < 1.29 is 14.4 Å². The number of carbonyl (C=O) groups excluding carboxylic acids is 3. The van der Waals surface area contributed by atoms with Crippen LogP contribution in [0, 0.1) is 13.8 Å². The molecular formula is C23H27N3O3. The van der Waals surface area contributed by atoms with E-state index in [0.29, 0.717) is 12.0 Å². The summed E-state index contributed by atoms with van der Waals surface area (Å²) in [7, 11) is 0. The molecule has 1 fully saturated rings. The van der Waals surface area contributed by atoms with Crippen LogP contribution in [0.25, 0.3) is 0 Å². The van der Waals surface area contributed by atoms with Gasteiger partial charge in [-0.1, -0.05) is 31.2 Å². The lowest BCUT2D eigenvalue weighted by Crippen LogP contribution is -2.46. The zero-order chi connectivity index (χ0) is 20.8. The van der Waals surface area contributed by atoms with E-state index in [1.807, 2.05) is 44.2 Å². The Hall–Kier alpha value is -2.89. The Kier molecular flexibility index (Phi) is 4.81. The number of aromatic nitrogens is 1. The number of imide groups is 1. The predicted molar refractivity (Wildman–Crippen MR) is 110 cm³/mol. The third-order valence-electron chi connectivity index (χ3n) is 6.27. The molecule has 2 heterocycles. The molecule has 0 saturated carbocycles. The molecule has 1 aromatic heterocycles. The Balaban J connectivity index is 1.62. The Morgan fingerprint density at radius 1 is 1.21 bits per heavy atom. The molecule has 1 N–H and O–H groups in total. The van der Waals surface area contributed by atoms with Crippen LogP contribution in [0.1, 0.15) is 59.1 Å². The van der Waals surface area contributed by atoms with Crippen LogP contribution in [0.5, 0.6) is 0 Å². The summed E-state index contributed by atoms with van der Waals surface area (Å²) in [6.07, 6.45) is 3.25. The van der Waals surface area contributed by atoms with E-state index in [-0.39, 0.29) is 18.2 Å². The number of nitrogens with one attached hydrogen (secondary N) is 1. The average molecular weight is 393 g/mol. The summed E-state index contributed by atoms with van der Waals surface area (Å²) in [5.74, 6) is -0.518. The number of fused-ring (bicyclic) bond motifs is 2. The SMILES string of the molecule is CCCn1c(C)cc(C(=O)CN2C(=O)N[C@]3(CCCc4ccccc43)C2=O)c1C. The topological polar surface area (TPSA) is 71.4 Å². The van der Waals surface area contributed by atoms with Crippen molar-refractivity contribution in [3.8, 4) is 0 Å². The van der Waals surface area contributed by atoms with Crippen molar-refractivity contribution in [2.75, 3.05) is 6.54 Å². The van der Waals surface area contributed by atoms with Crippen LogP contribution >= 0.6 is 0 Å². The van der Waals surface area contributed by atoms with E-state index in [2.05, 4.69) is 16.8 Å². The van der Waals surface area contributed by atoms with E-state index in [4.69, 9.17) is 0 Å². The lowest BCUT2D eigenvalue weighted by Gasteiger charge is -2.33. The highest BCUT2D eigenvalue weighted by atomic mass is 16.2. The van der Waals surface area contributed by atoms with Gasteiger partial charge in [0.05, 0.1) is 6.54 Å². The molecule has 6 nitrogen and oxygen atoms in total. The Morgan fingerprint density at radius 2 is 1.97 bits per heavy atom. The minimum absolute atomic E-state index is 0.204. The van der Waals surface area contributed by atoms with Gasteiger partial charge in [-0.25, -0.2) is 4.79 Å². The molecule has 1 atom stereocenters. The van der Waals surface area contributed by atoms with Crippen molar-refractivity contribution in [1.29, 1.82) is 0 Å². The summed E-state index contributed by atoms with van der Waals surface area (Å²) in [4.78, 5) is 40.2. The van der Waals surface area contributed by atoms with E-state index >= 15 is 0 Å². The molecule has 0 bridgehead atoms. The number of ketones is 1. The fourth-order valence-electron chi connectivity index (χ4n) is 4.83. The number of rotatable bonds is 5. The monoisotopic (exact) mass is 393 g/mol. The molecule has 4 rings (SSSR count). The van der Waals surface area contributed by atoms with E-state index < -0.39 is 11.6 Å². The van der Waals surface area contributed by atoms with Gasteiger partial charge in [0.1, 0.15) is 5.54 Å². The molecule has 0 radical (unpaired) electrons. The lowest BCUT2D eigenvalue weighted by atomic mass is 9.76. The highest BCUT2D eigenvalue weighted by Crippen LogP contribution is 2.39. The lowest BCUT2D eigenvalue weighted by molar-refractivity contribution is -0.131. The molecule has 29 heavy (non-hydrogen) atoms. The summed E-state index contributed by atoms with van der Waals surface area (Å²) >= 11 is 0. The first-order valence-corrected chi connectivity index (χ1v) is 10.3. The maximum atomic E-state index is 13.4. The molecular weight excluding hydrogens is 366 g/mol. The van der Waals surface area contributed by atoms with Crippen LogP contribution in [-0.4, -0.2) is 33.7 Å². The van der Waals surface area contributed by atoms with Gasteiger partial charge in [-0.05, 0) is 56.7 Å². The molecule has 6 heteroatoms. The van der Waals surface area contributed by atoms with Gasteiger partial charge in [-0.2, -0.15) is 0 Å². The molecule has 1 aliphatic heterocycles. The molecule has 3 amide bonds. The minimum atomic E-state index is -1.04. The van der Waals surface area contributed by atoms with Crippen LogP contribution in [0.15, 0.2) is 30.3 Å². The molecule has 152 valence electrons. The second kappa shape index (κ2) is 7.17. The van der Waals surface area contributed by atoms with Crippen LogP contribution in [0.4, 0.5) is 4.79 Å². The zero-order valence-electron chi connectivity index (χ0n) is 17.2. The number of benzene rings is 1. The number of hydrogen-bond donors (Lipinski definition) is 1. The van der Waals surface area contributed by atoms with Crippen molar-refractivity contribution in [2.45, 2.75) is 58.5 Å². The maximum absolute atomic E-state index is 13.4. The van der Waals surface area contributed by atoms with E-state index in [1.165, 1.54) is 0 Å². The van der Waals surface area contributed by atoms with Crippen LogP contribution in [0.2, 0.25) is 0 Å². The van der Waals surface area contributed by atoms with Gasteiger partial charge in [0, 0.05) is 23.5 Å². The summed E-state index contributed by atoms with van der Waals surface area (Å²) < 4.78 is 2.11. The summed E-state index contributed by atoms with van der Waals surface area (Å²) in [6.45, 7) is 6.59. The van der Waals surface area contributed by atoms with E-state index in [1.54, 1.807) is 0 Å².